The van der Waals surface area contributed by atoms with Crippen molar-refractivity contribution in [2.24, 2.45) is 0 Å². The number of aliphatic hydroxyl groups is 4. The van der Waals surface area contributed by atoms with Crippen LogP contribution in [0, 0.1) is 0 Å². The molecule has 1 saturated heterocycles. The van der Waals surface area contributed by atoms with E-state index in [1.807, 2.05) is 48.5 Å². The molecule has 4 rings (SSSR count). The topological polar surface area (TPSA) is 99.4 Å². The zero-order valence-corrected chi connectivity index (χ0v) is 13.9. The Kier molecular flexibility index (Phi) is 4.52. The molecule has 6 nitrogen and oxygen atoms in total. The molecule has 5 unspecified atom stereocenters. The quantitative estimate of drug-likeness (QED) is 0.526. The lowest BCUT2D eigenvalue weighted by molar-refractivity contribution is -0.277. The molecule has 1 fully saturated rings. The third-order valence-electron chi connectivity index (χ3n) is 4.84. The van der Waals surface area contributed by atoms with Gasteiger partial charge < -0.3 is 29.9 Å². The Labute approximate surface area is 149 Å². The summed E-state index contributed by atoms with van der Waals surface area (Å²) >= 11 is 0. The number of aliphatic hydroxyl groups excluding tert-OH is 4. The molecule has 1 aliphatic heterocycles. The lowest BCUT2D eigenvalue weighted by Gasteiger charge is -2.39. The van der Waals surface area contributed by atoms with Crippen LogP contribution in [-0.2, 0) is 4.74 Å². The lowest BCUT2D eigenvalue weighted by Crippen LogP contribution is -2.60. The van der Waals surface area contributed by atoms with Crippen molar-refractivity contribution in [3.8, 4) is 5.75 Å². The molecule has 3 aromatic carbocycles. The van der Waals surface area contributed by atoms with Gasteiger partial charge >= 0.3 is 0 Å². The van der Waals surface area contributed by atoms with Crippen LogP contribution in [0.2, 0.25) is 0 Å². The first-order valence-corrected chi connectivity index (χ1v) is 8.48. The first kappa shape index (κ1) is 17.2. The third kappa shape index (κ3) is 2.82. The van der Waals surface area contributed by atoms with E-state index in [0.717, 1.165) is 21.5 Å². The number of rotatable bonds is 3. The van der Waals surface area contributed by atoms with Gasteiger partial charge in [-0.2, -0.15) is 0 Å². The second-order valence-corrected chi connectivity index (χ2v) is 6.45. The Balaban J connectivity index is 1.72. The molecule has 0 bridgehead atoms. The van der Waals surface area contributed by atoms with E-state index in [0.29, 0.717) is 5.75 Å². The summed E-state index contributed by atoms with van der Waals surface area (Å²) in [5.74, 6) is 0.484. The zero-order valence-electron chi connectivity index (χ0n) is 13.9. The average Bonchev–Trinajstić information content (AvgIpc) is 2.68. The predicted molar refractivity (Wildman–Crippen MR) is 95.8 cm³/mol. The molecule has 5 atom stereocenters. The lowest BCUT2D eigenvalue weighted by atomic mass is 9.99. The minimum atomic E-state index is -1.47. The van der Waals surface area contributed by atoms with Crippen LogP contribution in [0.4, 0.5) is 0 Å². The van der Waals surface area contributed by atoms with Crippen molar-refractivity contribution >= 4 is 21.5 Å². The summed E-state index contributed by atoms with van der Waals surface area (Å²) in [4.78, 5) is 0. The largest absolute Gasteiger partial charge is 0.461 e. The van der Waals surface area contributed by atoms with Crippen LogP contribution in [0.1, 0.15) is 0 Å². The van der Waals surface area contributed by atoms with Crippen LogP contribution in [0.25, 0.3) is 21.5 Å². The number of benzene rings is 3. The molecule has 0 radical (unpaired) electrons. The Bertz CT molecular complexity index is 924. The van der Waals surface area contributed by atoms with Crippen molar-refractivity contribution in [2.75, 3.05) is 6.61 Å². The van der Waals surface area contributed by atoms with Gasteiger partial charge in [0.05, 0.1) is 6.61 Å². The smallest absolute Gasteiger partial charge is 0.229 e. The highest BCUT2D eigenvalue weighted by molar-refractivity contribution is 6.09. The van der Waals surface area contributed by atoms with E-state index in [1.165, 1.54) is 0 Å². The fraction of sp³-hybridized carbons (Fsp3) is 0.300. The van der Waals surface area contributed by atoms with Gasteiger partial charge in [0.2, 0.25) is 6.29 Å². The third-order valence-corrected chi connectivity index (χ3v) is 4.84. The van der Waals surface area contributed by atoms with Crippen molar-refractivity contribution in [3.63, 3.8) is 0 Å². The minimum absolute atomic E-state index is 0.484. The molecule has 1 heterocycles. The van der Waals surface area contributed by atoms with Gasteiger partial charge in [0.25, 0.3) is 0 Å². The Morgan fingerprint density at radius 3 is 2.35 bits per heavy atom. The fourth-order valence-electron chi connectivity index (χ4n) is 3.40. The summed E-state index contributed by atoms with van der Waals surface area (Å²) in [6.45, 7) is -0.495. The molecule has 26 heavy (non-hydrogen) atoms. The molecule has 0 aliphatic carbocycles. The molecule has 0 saturated carbocycles. The standard InChI is InChI=1S/C20H20O6/c21-10-16-17(22)18(23)19(24)20(26-16)25-15-7-3-6-13-12-5-2-1-4-11(12)8-9-14(13)15/h1-9,16-24H,10H2. The van der Waals surface area contributed by atoms with Crippen molar-refractivity contribution in [3.05, 3.63) is 54.6 Å². The van der Waals surface area contributed by atoms with E-state index in [1.54, 1.807) is 6.07 Å². The van der Waals surface area contributed by atoms with E-state index in [4.69, 9.17) is 9.47 Å². The second kappa shape index (κ2) is 6.83. The summed E-state index contributed by atoms with van der Waals surface area (Å²) in [5, 5.41) is 43.3. The van der Waals surface area contributed by atoms with E-state index < -0.39 is 37.3 Å². The van der Waals surface area contributed by atoms with E-state index in [2.05, 4.69) is 0 Å². The second-order valence-electron chi connectivity index (χ2n) is 6.45. The molecule has 0 spiro atoms. The summed E-state index contributed by atoms with van der Waals surface area (Å²) in [5.41, 5.74) is 0. The highest BCUT2D eigenvalue weighted by Crippen LogP contribution is 2.33. The average molecular weight is 356 g/mol. The van der Waals surface area contributed by atoms with E-state index in [-0.39, 0.29) is 0 Å². The van der Waals surface area contributed by atoms with Gasteiger partial charge in [-0.15, -0.1) is 0 Å². The summed E-state index contributed by atoms with van der Waals surface area (Å²) < 4.78 is 11.3. The molecule has 3 aromatic rings. The molecule has 1 aliphatic rings. The maximum atomic E-state index is 10.2. The SMILES string of the molecule is OCC1OC(Oc2cccc3c2ccc2ccccc23)C(O)C(O)C1O. The van der Waals surface area contributed by atoms with Crippen LogP contribution in [-0.4, -0.2) is 57.7 Å². The van der Waals surface area contributed by atoms with Crippen LogP contribution >= 0.6 is 0 Å². The zero-order chi connectivity index (χ0) is 18.3. The van der Waals surface area contributed by atoms with Crippen molar-refractivity contribution in [2.45, 2.75) is 30.7 Å². The maximum absolute atomic E-state index is 10.2. The first-order valence-electron chi connectivity index (χ1n) is 8.48. The Morgan fingerprint density at radius 2 is 1.54 bits per heavy atom. The van der Waals surface area contributed by atoms with E-state index >= 15 is 0 Å². The summed E-state index contributed by atoms with van der Waals surface area (Å²) in [6, 6.07) is 17.5. The molecule has 136 valence electrons. The maximum Gasteiger partial charge on any atom is 0.229 e. The summed E-state index contributed by atoms with van der Waals surface area (Å²) in [7, 11) is 0. The van der Waals surface area contributed by atoms with Crippen molar-refractivity contribution in [1.82, 2.24) is 0 Å². The van der Waals surface area contributed by atoms with Gasteiger partial charge in [0.15, 0.2) is 0 Å². The number of hydrogen-bond donors (Lipinski definition) is 4. The van der Waals surface area contributed by atoms with Crippen LogP contribution in [0.15, 0.2) is 54.6 Å². The predicted octanol–water partition coefficient (Wildman–Crippen LogP) is 1.17. The van der Waals surface area contributed by atoms with Gasteiger partial charge in [-0.1, -0.05) is 48.5 Å². The van der Waals surface area contributed by atoms with Gasteiger partial charge in [-0.25, -0.2) is 0 Å². The number of fused-ring (bicyclic) bond motifs is 3. The van der Waals surface area contributed by atoms with Crippen LogP contribution in [0.5, 0.6) is 5.75 Å². The first-order chi connectivity index (χ1) is 12.6. The minimum Gasteiger partial charge on any atom is -0.461 e. The molecular formula is C20H20O6. The highest BCUT2D eigenvalue weighted by atomic mass is 16.7. The Hall–Kier alpha value is -2.22. The number of hydrogen-bond acceptors (Lipinski definition) is 6. The molecule has 0 amide bonds. The van der Waals surface area contributed by atoms with Gasteiger partial charge in [0.1, 0.15) is 30.2 Å². The van der Waals surface area contributed by atoms with Crippen LogP contribution < -0.4 is 4.74 Å². The molecular weight excluding hydrogens is 336 g/mol. The van der Waals surface area contributed by atoms with Gasteiger partial charge in [-0.3, -0.25) is 0 Å². The van der Waals surface area contributed by atoms with E-state index in [9.17, 15) is 20.4 Å². The van der Waals surface area contributed by atoms with Crippen LogP contribution in [0.3, 0.4) is 0 Å². The van der Waals surface area contributed by atoms with Crippen molar-refractivity contribution < 1.29 is 29.9 Å². The Morgan fingerprint density at radius 1 is 0.769 bits per heavy atom. The highest BCUT2D eigenvalue weighted by Gasteiger charge is 2.44. The monoisotopic (exact) mass is 356 g/mol. The normalized spacial score (nSPS) is 29.2. The molecule has 0 aromatic heterocycles. The molecule has 6 heteroatoms. The number of ether oxygens (including phenoxy) is 2. The molecule has 4 N–H and O–H groups in total. The fourth-order valence-corrected chi connectivity index (χ4v) is 3.40. The van der Waals surface area contributed by atoms with Gasteiger partial charge in [0, 0.05) is 5.39 Å². The summed E-state index contributed by atoms with van der Waals surface area (Å²) in [6.07, 6.45) is -6.53. The van der Waals surface area contributed by atoms with Crippen molar-refractivity contribution in [1.29, 1.82) is 0 Å². The van der Waals surface area contributed by atoms with Gasteiger partial charge in [-0.05, 0) is 22.2 Å².